The number of nitrogens with one attached hydrogen (secondary N) is 1. The first-order valence-corrected chi connectivity index (χ1v) is 8.09. The van der Waals surface area contributed by atoms with Crippen LogP contribution in [0, 0.1) is 16.0 Å². The van der Waals surface area contributed by atoms with Crippen molar-refractivity contribution in [3.8, 4) is 0 Å². The molecule has 0 aliphatic carbocycles. The summed E-state index contributed by atoms with van der Waals surface area (Å²) in [6.07, 6.45) is 5.56. The molecule has 2 aromatic heterocycles. The van der Waals surface area contributed by atoms with Crippen LogP contribution in [0.5, 0.6) is 0 Å². The van der Waals surface area contributed by atoms with Crippen molar-refractivity contribution in [2.45, 2.75) is 12.8 Å². The number of aromatic nitrogens is 3. The Morgan fingerprint density at radius 3 is 2.62 bits per heavy atom. The van der Waals surface area contributed by atoms with E-state index in [4.69, 9.17) is 4.74 Å². The Balaban J connectivity index is 1.85. The number of methoxy groups -OCH3 is 1. The number of piperidine rings is 1. The zero-order chi connectivity index (χ0) is 18.5. The third-order valence-electron chi connectivity index (χ3n) is 4.26. The minimum absolute atomic E-state index is 0.112. The van der Waals surface area contributed by atoms with Crippen molar-refractivity contribution < 1.29 is 14.5 Å². The van der Waals surface area contributed by atoms with E-state index in [0.717, 1.165) is 0 Å². The van der Waals surface area contributed by atoms with Gasteiger partial charge in [0.2, 0.25) is 11.6 Å². The fraction of sp³-hybridized carbons (Fsp3) is 0.375. The average Bonchev–Trinajstić information content (AvgIpc) is 2.68. The Morgan fingerprint density at radius 1 is 1.31 bits per heavy atom. The topological polar surface area (TPSA) is 123 Å². The molecule has 1 fully saturated rings. The minimum Gasteiger partial charge on any atom is -0.469 e. The zero-order valence-corrected chi connectivity index (χ0v) is 14.2. The highest BCUT2D eigenvalue weighted by Gasteiger charge is 2.32. The molecule has 0 saturated carbocycles. The van der Waals surface area contributed by atoms with E-state index in [1.165, 1.54) is 13.4 Å². The molecule has 10 heteroatoms. The van der Waals surface area contributed by atoms with E-state index < -0.39 is 4.92 Å². The van der Waals surface area contributed by atoms with Crippen LogP contribution in [0.3, 0.4) is 0 Å². The lowest BCUT2D eigenvalue weighted by atomic mass is 9.97. The Hall–Kier alpha value is -3.30. The van der Waals surface area contributed by atoms with Gasteiger partial charge in [0.05, 0.1) is 18.0 Å². The number of esters is 1. The van der Waals surface area contributed by atoms with Crippen LogP contribution in [0.25, 0.3) is 0 Å². The number of nitrogens with zero attached hydrogens (tertiary/aromatic N) is 5. The normalized spacial score (nSPS) is 14.7. The molecular formula is C16H18N6O4. The Morgan fingerprint density at radius 2 is 2.00 bits per heavy atom. The molecule has 0 bridgehead atoms. The summed E-state index contributed by atoms with van der Waals surface area (Å²) in [6.45, 7) is 0.957. The molecule has 3 rings (SSSR count). The van der Waals surface area contributed by atoms with Crippen LogP contribution in [-0.4, -0.2) is 46.0 Å². The summed E-state index contributed by atoms with van der Waals surface area (Å²) in [5.74, 6) is -0.0837. The van der Waals surface area contributed by atoms with Gasteiger partial charge >= 0.3 is 11.7 Å². The number of nitro groups is 1. The van der Waals surface area contributed by atoms with Gasteiger partial charge in [-0.25, -0.2) is 9.97 Å². The smallest absolute Gasteiger partial charge is 0.353 e. The maximum atomic E-state index is 11.7. The maximum absolute atomic E-state index is 11.7. The van der Waals surface area contributed by atoms with Gasteiger partial charge in [0.25, 0.3) is 0 Å². The van der Waals surface area contributed by atoms with Crippen LogP contribution in [0.1, 0.15) is 12.8 Å². The molecule has 0 amide bonds. The molecule has 10 nitrogen and oxygen atoms in total. The highest BCUT2D eigenvalue weighted by Crippen LogP contribution is 2.35. The summed E-state index contributed by atoms with van der Waals surface area (Å²) in [5, 5.41) is 14.6. The third-order valence-corrected chi connectivity index (χ3v) is 4.26. The molecule has 3 heterocycles. The predicted molar refractivity (Wildman–Crippen MR) is 93.2 cm³/mol. The number of carbonyl (C=O) groups is 1. The number of hydrogen-bond donors (Lipinski definition) is 1. The molecule has 0 aromatic carbocycles. The fourth-order valence-electron chi connectivity index (χ4n) is 2.93. The molecule has 0 spiro atoms. The van der Waals surface area contributed by atoms with Crippen LogP contribution in [0.15, 0.2) is 30.9 Å². The van der Waals surface area contributed by atoms with Crippen molar-refractivity contribution in [1.29, 1.82) is 0 Å². The molecule has 0 radical (unpaired) electrons. The molecule has 0 unspecified atom stereocenters. The Kier molecular flexibility index (Phi) is 5.20. The third kappa shape index (κ3) is 3.68. The van der Waals surface area contributed by atoms with E-state index in [-0.39, 0.29) is 29.2 Å². The van der Waals surface area contributed by atoms with Crippen molar-refractivity contribution in [1.82, 2.24) is 15.0 Å². The van der Waals surface area contributed by atoms with Gasteiger partial charge in [0.15, 0.2) is 0 Å². The molecule has 0 atom stereocenters. The predicted octanol–water partition coefficient (Wildman–Crippen LogP) is 1.91. The standard InChI is InChI=1S/C16H18N6O4/c1-26-16(23)11-4-8-21(9-5-11)15-13(22(24)25)14(18-10-19-15)20-12-2-6-17-7-3-12/h2-3,6-7,10-11H,4-5,8-9H2,1H3,(H,17,18,19,20). The van der Waals surface area contributed by atoms with E-state index in [1.54, 1.807) is 29.4 Å². The minimum atomic E-state index is -0.495. The lowest BCUT2D eigenvalue weighted by Crippen LogP contribution is -2.37. The Bertz CT molecular complexity index is 793. The zero-order valence-electron chi connectivity index (χ0n) is 14.2. The lowest BCUT2D eigenvalue weighted by Gasteiger charge is -2.31. The summed E-state index contributed by atoms with van der Waals surface area (Å²) < 4.78 is 4.77. The molecule has 1 aliphatic rings. The van der Waals surface area contributed by atoms with Crippen molar-refractivity contribution in [2.24, 2.45) is 5.92 Å². The molecular weight excluding hydrogens is 340 g/mol. The van der Waals surface area contributed by atoms with Gasteiger partial charge in [-0.3, -0.25) is 19.9 Å². The van der Waals surface area contributed by atoms with E-state index in [9.17, 15) is 14.9 Å². The maximum Gasteiger partial charge on any atom is 0.353 e. The summed E-state index contributed by atoms with van der Waals surface area (Å²) in [5.41, 5.74) is 0.443. The highest BCUT2D eigenvalue weighted by molar-refractivity contribution is 5.75. The molecule has 2 aromatic rings. The molecule has 1 saturated heterocycles. The molecule has 1 N–H and O–H groups in total. The van der Waals surface area contributed by atoms with E-state index >= 15 is 0 Å². The number of pyridine rings is 1. The first-order chi connectivity index (χ1) is 12.6. The second-order valence-electron chi connectivity index (χ2n) is 5.80. The quantitative estimate of drug-likeness (QED) is 0.485. The number of ether oxygens (including phenoxy) is 1. The fourth-order valence-corrected chi connectivity index (χ4v) is 2.93. The second kappa shape index (κ2) is 7.72. The molecule has 136 valence electrons. The lowest BCUT2D eigenvalue weighted by molar-refractivity contribution is -0.383. The number of hydrogen-bond acceptors (Lipinski definition) is 9. The van der Waals surface area contributed by atoms with Gasteiger partial charge in [0.1, 0.15) is 6.33 Å². The van der Waals surface area contributed by atoms with Crippen molar-refractivity contribution in [3.63, 3.8) is 0 Å². The van der Waals surface area contributed by atoms with Gasteiger partial charge in [0, 0.05) is 31.2 Å². The van der Waals surface area contributed by atoms with E-state index in [0.29, 0.717) is 31.6 Å². The summed E-state index contributed by atoms with van der Waals surface area (Å²) in [6, 6.07) is 3.38. The summed E-state index contributed by atoms with van der Waals surface area (Å²) in [4.78, 5) is 36.7. The second-order valence-corrected chi connectivity index (χ2v) is 5.80. The SMILES string of the molecule is COC(=O)C1CCN(c2ncnc(Nc3ccncc3)c2[N+](=O)[O-])CC1. The number of carbonyl (C=O) groups excluding carboxylic acids is 1. The monoisotopic (exact) mass is 358 g/mol. The van der Waals surface area contributed by atoms with E-state index in [1.807, 2.05) is 0 Å². The van der Waals surface area contributed by atoms with Crippen LogP contribution < -0.4 is 10.2 Å². The van der Waals surface area contributed by atoms with E-state index in [2.05, 4.69) is 20.3 Å². The Labute approximate surface area is 149 Å². The number of anilines is 3. The van der Waals surface area contributed by atoms with Crippen LogP contribution in [0.2, 0.25) is 0 Å². The summed E-state index contributed by atoms with van der Waals surface area (Å²) in [7, 11) is 1.36. The van der Waals surface area contributed by atoms with Gasteiger partial charge in [-0.05, 0) is 25.0 Å². The van der Waals surface area contributed by atoms with Crippen LogP contribution in [0.4, 0.5) is 23.0 Å². The largest absolute Gasteiger partial charge is 0.469 e. The first kappa shape index (κ1) is 17.5. The molecule has 1 aliphatic heterocycles. The van der Waals surface area contributed by atoms with Gasteiger partial charge in [-0.15, -0.1) is 0 Å². The van der Waals surface area contributed by atoms with Crippen molar-refractivity contribution >= 4 is 29.0 Å². The number of rotatable bonds is 5. The van der Waals surface area contributed by atoms with Gasteiger partial charge in [-0.2, -0.15) is 0 Å². The summed E-state index contributed by atoms with van der Waals surface area (Å²) >= 11 is 0. The van der Waals surface area contributed by atoms with Gasteiger partial charge in [-0.1, -0.05) is 0 Å². The molecule has 26 heavy (non-hydrogen) atoms. The van der Waals surface area contributed by atoms with Crippen molar-refractivity contribution in [2.75, 3.05) is 30.4 Å². The van der Waals surface area contributed by atoms with Crippen LogP contribution >= 0.6 is 0 Å². The van der Waals surface area contributed by atoms with Crippen molar-refractivity contribution in [3.05, 3.63) is 41.0 Å². The highest BCUT2D eigenvalue weighted by atomic mass is 16.6. The van der Waals surface area contributed by atoms with Crippen LogP contribution in [-0.2, 0) is 9.53 Å². The van der Waals surface area contributed by atoms with Gasteiger partial charge < -0.3 is 15.0 Å². The average molecular weight is 358 g/mol. The first-order valence-electron chi connectivity index (χ1n) is 8.09.